The Balaban J connectivity index is 2.30. The zero-order chi connectivity index (χ0) is 20.7. The number of ether oxygens (including phenoxy) is 5. The van der Waals surface area contributed by atoms with E-state index >= 15 is 0 Å². The molecule has 2 rings (SSSR count). The highest BCUT2D eigenvalue weighted by molar-refractivity contribution is 6.07. The molecule has 0 aromatic heterocycles. The molecule has 0 amide bonds. The highest BCUT2D eigenvalue weighted by Crippen LogP contribution is 2.35. The summed E-state index contributed by atoms with van der Waals surface area (Å²) in [6, 6.07) is 7.27. The topological polar surface area (TPSA) is 63.2 Å². The van der Waals surface area contributed by atoms with E-state index in [0.717, 1.165) is 0 Å². The average Bonchev–Trinajstić information content (AvgIpc) is 2.70. The highest BCUT2D eigenvalue weighted by atomic mass is 19.3. The lowest BCUT2D eigenvalue weighted by Gasteiger charge is -2.12. The summed E-state index contributed by atoms with van der Waals surface area (Å²) in [5, 5.41) is 0. The molecule has 6 nitrogen and oxygen atoms in total. The van der Waals surface area contributed by atoms with Crippen LogP contribution in [0, 0.1) is 0 Å². The summed E-state index contributed by atoms with van der Waals surface area (Å²) in [6.07, 6.45) is 2.88. The number of ketones is 1. The number of benzene rings is 2. The van der Waals surface area contributed by atoms with Crippen LogP contribution in [0.25, 0.3) is 6.08 Å². The van der Waals surface area contributed by atoms with Gasteiger partial charge in [0.2, 0.25) is 0 Å². The van der Waals surface area contributed by atoms with Gasteiger partial charge in [0.05, 0.1) is 28.4 Å². The van der Waals surface area contributed by atoms with E-state index in [1.165, 1.54) is 52.7 Å². The Kier molecular flexibility index (Phi) is 7.20. The van der Waals surface area contributed by atoms with E-state index < -0.39 is 6.61 Å². The lowest BCUT2D eigenvalue weighted by molar-refractivity contribution is -0.0512. The number of alkyl halides is 2. The highest BCUT2D eigenvalue weighted by Gasteiger charge is 2.14. The third-order valence-corrected chi connectivity index (χ3v) is 3.81. The van der Waals surface area contributed by atoms with Crippen LogP contribution in [-0.2, 0) is 0 Å². The van der Waals surface area contributed by atoms with Gasteiger partial charge in [0.1, 0.15) is 5.75 Å². The van der Waals surface area contributed by atoms with E-state index in [2.05, 4.69) is 4.74 Å². The van der Waals surface area contributed by atoms with Crippen molar-refractivity contribution in [3.63, 3.8) is 0 Å². The summed E-state index contributed by atoms with van der Waals surface area (Å²) < 4.78 is 49.9. The second-order valence-corrected chi connectivity index (χ2v) is 5.39. The molecule has 0 heterocycles. The maximum Gasteiger partial charge on any atom is 0.387 e. The van der Waals surface area contributed by atoms with Crippen LogP contribution in [0.3, 0.4) is 0 Å². The normalized spacial score (nSPS) is 10.8. The minimum absolute atomic E-state index is 0.0308. The second kappa shape index (κ2) is 9.59. The van der Waals surface area contributed by atoms with Crippen molar-refractivity contribution in [3.8, 4) is 28.7 Å². The smallest absolute Gasteiger partial charge is 0.387 e. The molecule has 8 heteroatoms. The lowest BCUT2D eigenvalue weighted by Crippen LogP contribution is -2.04. The number of carbonyl (C=O) groups is 1. The fourth-order valence-electron chi connectivity index (χ4n) is 2.46. The third-order valence-electron chi connectivity index (χ3n) is 3.81. The molecule has 0 saturated carbocycles. The molecule has 0 saturated heterocycles. The molecule has 2 aromatic rings. The van der Waals surface area contributed by atoms with E-state index in [0.29, 0.717) is 22.8 Å². The predicted molar refractivity (Wildman–Crippen MR) is 99.1 cm³/mol. The average molecular weight is 394 g/mol. The van der Waals surface area contributed by atoms with E-state index in [1.54, 1.807) is 18.2 Å². The van der Waals surface area contributed by atoms with Crippen molar-refractivity contribution in [1.82, 2.24) is 0 Å². The van der Waals surface area contributed by atoms with Gasteiger partial charge in [-0.05, 0) is 36.4 Å². The van der Waals surface area contributed by atoms with Crippen LogP contribution < -0.4 is 23.7 Å². The van der Waals surface area contributed by atoms with E-state index in [1.807, 2.05) is 0 Å². The minimum atomic E-state index is -2.99. The monoisotopic (exact) mass is 394 g/mol. The molecule has 0 N–H and O–H groups in total. The second-order valence-electron chi connectivity index (χ2n) is 5.39. The number of hydrogen-bond donors (Lipinski definition) is 0. The van der Waals surface area contributed by atoms with Gasteiger partial charge in [0.25, 0.3) is 0 Å². The van der Waals surface area contributed by atoms with Crippen molar-refractivity contribution in [1.29, 1.82) is 0 Å². The van der Waals surface area contributed by atoms with Crippen LogP contribution in [-0.4, -0.2) is 40.8 Å². The van der Waals surface area contributed by atoms with Crippen LogP contribution in [0.5, 0.6) is 28.7 Å². The summed E-state index contributed by atoms with van der Waals surface area (Å²) in [4.78, 5) is 12.5. The van der Waals surface area contributed by atoms with Crippen molar-refractivity contribution in [2.45, 2.75) is 6.61 Å². The fraction of sp³-hybridized carbons (Fsp3) is 0.250. The maximum atomic E-state index is 12.5. The van der Waals surface area contributed by atoms with Gasteiger partial charge in [-0.2, -0.15) is 8.78 Å². The SMILES string of the molecule is COc1cc(OC)c(OC)cc1/C=C/C(=O)c1ccc(OC(F)F)c(OC)c1. The standard InChI is InChI=1S/C20H20F2O6/c1-24-16-11-19(27-4)18(26-3)10-13(16)5-7-14(23)12-6-8-15(28-20(21)22)17(9-12)25-2/h5-11,20H,1-4H3/b7-5+. The largest absolute Gasteiger partial charge is 0.496 e. The number of allylic oxidation sites excluding steroid dienone is 1. The molecular formula is C20H20F2O6. The Morgan fingerprint density at radius 1 is 0.821 bits per heavy atom. The zero-order valence-electron chi connectivity index (χ0n) is 15.8. The Morgan fingerprint density at radius 2 is 1.39 bits per heavy atom. The summed E-state index contributed by atoms with van der Waals surface area (Å²) in [5.41, 5.74) is 0.840. The van der Waals surface area contributed by atoms with Gasteiger partial charge in [-0.15, -0.1) is 0 Å². The molecule has 0 radical (unpaired) electrons. The molecular weight excluding hydrogens is 374 g/mol. The lowest BCUT2D eigenvalue weighted by atomic mass is 10.1. The number of hydrogen-bond acceptors (Lipinski definition) is 6. The molecule has 0 unspecified atom stereocenters. The first-order chi connectivity index (χ1) is 13.4. The van der Waals surface area contributed by atoms with Crippen molar-refractivity contribution in [3.05, 3.63) is 47.5 Å². The van der Waals surface area contributed by atoms with E-state index in [4.69, 9.17) is 18.9 Å². The fourth-order valence-corrected chi connectivity index (χ4v) is 2.46. The number of carbonyl (C=O) groups excluding carboxylic acids is 1. The Bertz CT molecular complexity index is 864. The minimum Gasteiger partial charge on any atom is -0.496 e. The van der Waals surface area contributed by atoms with Gasteiger partial charge in [0.15, 0.2) is 28.8 Å². The summed E-state index contributed by atoms with van der Waals surface area (Å²) in [6.45, 7) is -2.99. The molecule has 0 aliphatic carbocycles. The first-order valence-corrected chi connectivity index (χ1v) is 8.08. The molecule has 2 aromatic carbocycles. The summed E-state index contributed by atoms with van der Waals surface area (Å²) >= 11 is 0. The third kappa shape index (κ3) is 4.91. The number of methoxy groups -OCH3 is 4. The van der Waals surface area contributed by atoms with Gasteiger partial charge in [0, 0.05) is 17.2 Å². The first kappa shape index (κ1) is 21.0. The number of rotatable bonds is 9. The van der Waals surface area contributed by atoms with Gasteiger partial charge >= 0.3 is 6.61 Å². The number of halogens is 2. The van der Waals surface area contributed by atoms with Crippen LogP contribution in [0.4, 0.5) is 8.78 Å². The van der Waals surface area contributed by atoms with Crippen molar-refractivity contribution < 1.29 is 37.3 Å². The molecule has 0 fully saturated rings. The quantitative estimate of drug-likeness (QED) is 0.469. The molecule has 0 aliphatic rings. The molecule has 0 aliphatic heterocycles. The van der Waals surface area contributed by atoms with Crippen LogP contribution in [0.1, 0.15) is 15.9 Å². The summed E-state index contributed by atoms with van der Waals surface area (Å²) in [7, 11) is 5.79. The van der Waals surface area contributed by atoms with Crippen molar-refractivity contribution >= 4 is 11.9 Å². The molecule has 0 spiro atoms. The Labute approximate surface area is 161 Å². The molecule has 150 valence electrons. The zero-order valence-corrected chi connectivity index (χ0v) is 15.8. The Hall–Kier alpha value is -3.29. The first-order valence-electron chi connectivity index (χ1n) is 8.08. The maximum absolute atomic E-state index is 12.5. The van der Waals surface area contributed by atoms with E-state index in [9.17, 15) is 13.6 Å². The molecule has 28 heavy (non-hydrogen) atoms. The predicted octanol–water partition coefficient (Wildman–Crippen LogP) is 4.22. The van der Waals surface area contributed by atoms with E-state index in [-0.39, 0.29) is 22.8 Å². The van der Waals surface area contributed by atoms with Crippen LogP contribution in [0.15, 0.2) is 36.4 Å². The molecule has 0 atom stereocenters. The van der Waals surface area contributed by atoms with Gasteiger partial charge in [-0.25, -0.2) is 0 Å². The Morgan fingerprint density at radius 3 is 1.96 bits per heavy atom. The van der Waals surface area contributed by atoms with Crippen molar-refractivity contribution in [2.75, 3.05) is 28.4 Å². The van der Waals surface area contributed by atoms with Crippen molar-refractivity contribution in [2.24, 2.45) is 0 Å². The van der Waals surface area contributed by atoms with Crippen LogP contribution >= 0.6 is 0 Å². The summed E-state index contributed by atoms with van der Waals surface area (Å²) in [5.74, 6) is 0.967. The van der Waals surface area contributed by atoms with Gasteiger partial charge in [-0.1, -0.05) is 0 Å². The van der Waals surface area contributed by atoms with Gasteiger partial charge in [-0.3, -0.25) is 4.79 Å². The van der Waals surface area contributed by atoms with Crippen LogP contribution in [0.2, 0.25) is 0 Å². The molecule has 0 bridgehead atoms. The van der Waals surface area contributed by atoms with Gasteiger partial charge < -0.3 is 23.7 Å².